The van der Waals surface area contributed by atoms with Crippen molar-refractivity contribution in [1.29, 1.82) is 5.26 Å². The summed E-state index contributed by atoms with van der Waals surface area (Å²) in [6, 6.07) is 36.4. The minimum Gasteiger partial charge on any atom is -0.325 e. The number of nitriles is 1. The zero-order valence-corrected chi connectivity index (χ0v) is 22.9. The van der Waals surface area contributed by atoms with Crippen molar-refractivity contribution in [2.45, 2.75) is 5.03 Å². The van der Waals surface area contributed by atoms with Crippen LogP contribution in [0, 0.1) is 11.3 Å². The van der Waals surface area contributed by atoms with Crippen LogP contribution in [0.5, 0.6) is 0 Å². The lowest BCUT2D eigenvalue weighted by Gasteiger charge is -2.14. The number of halogens is 2. The first kappa shape index (κ1) is 26.5. The van der Waals surface area contributed by atoms with Gasteiger partial charge in [-0.3, -0.25) is 4.79 Å². The molecule has 0 fully saturated rings. The van der Waals surface area contributed by atoms with Gasteiger partial charge in [-0.1, -0.05) is 114 Å². The highest BCUT2D eigenvalue weighted by Crippen LogP contribution is 2.37. The highest BCUT2D eigenvalue weighted by atomic mass is 35.5. The van der Waals surface area contributed by atoms with Gasteiger partial charge < -0.3 is 5.32 Å². The third-order valence-corrected chi connectivity index (χ3v) is 7.58. The number of pyridine rings is 1. The van der Waals surface area contributed by atoms with E-state index in [9.17, 15) is 10.1 Å². The molecule has 5 rings (SSSR count). The van der Waals surface area contributed by atoms with Crippen LogP contribution in [0.3, 0.4) is 0 Å². The van der Waals surface area contributed by atoms with Crippen LogP contribution in [-0.4, -0.2) is 16.6 Å². The van der Waals surface area contributed by atoms with Gasteiger partial charge in [0, 0.05) is 38.0 Å². The van der Waals surface area contributed by atoms with Crippen LogP contribution in [0.2, 0.25) is 10.0 Å². The second-order valence-electron chi connectivity index (χ2n) is 8.58. The van der Waals surface area contributed by atoms with Gasteiger partial charge >= 0.3 is 0 Å². The highest BCUT2D eigenvalue weighted by Gasteiger charge is 2.19. The van der Waals surface area contributed by atoms with Crippen molar-refractivity contribution >= 4 is 46.6 Å². The lowest BCUT2D eigenvalue weighted by atomic mass is 9.99. The Morgan fingerprint density at radius 2 is 1.46 bits per heavy atom. The molecule has 1 heterocycles. The fraction of sp³-hybridized carbons (Fsp3) is 0.0312. The van der Waals surface area contributed by atoms with Crippen LogP contribution in [0.15, 0.2) is 114 Å². The fourth-order valence-electron chi connectivity index (χ4n) is 4.18. The maximum absolute atomic E-state index is 13.1. The van der Waals surface area contributed by atoms with Crippen LogP contribution >= 0.6 is 35.0 Å². The topological polar surface area (TPSA) is 65.8 Å². The van der Waals surface area contributed by atoms with Gasteiger partial charge in [-0.05, 0) is 35.9 Å². The van der Waals surface area contributed by atoms with E-state index >= 15 is 0 Å². The van der Waals surface area contributed by atoms with E-state index < -0.39 is 0 Å². The highest BCUT2D eigenvalue weighted by molar-refractivity contribution is 8.00. The quantitative estimate of drug-likeness (QED) is 0.200. The molecule has 0 unspecified atom stereocenters. The van der Waals surface area contributed by atoms with Gasteiger partial charge in [-0.2, -0.15) is 5.26 Å². The van der Waals surface area contributed by atoms with E-state index in [0.717, 1.165) is 27.9 Å². The Morgan fingerprint density at radius 3 is 2.18 bits per heavy atom. The number of carbonyl (C=O) groups is 1. The SMILES string of the molecule is N#Cc1c(-c2ccccc2Cl)cc(-c2ccc(Cl)cc2)nc1SCC(=O)Nc1ccccc1-c1ccccc1. The number of amides is 1. The summed E-state index contributed by atoms with van der Waals surface area (Å²) in [6.07, 6.45) is 0. The predicted molar refractivity (Wildman–Crippen MR) is 161 cm³/mol. The number of nitrogens with zero attached hydrogens (tertiary/aromatic N) is 2. The Kier molecular flexibility index (Phi) is 8.29. The molecule has 0 saturated heterocycles. The number of aromatic nitrogens is 1. The number of hydrogen-bond acceptors (Lipinski definition) is 4. The summed E-state index contributed by atoms with van der Waals surface area (Å²) >= 11 is 13.8. The lowest BCUT2D eigenvalue weighted by Crippen LogP contribution is -2.15. The number of benzene rings is 4. The molecule has 190 valence electrons. The van der Waals surface area contributed by atoms with Gasteiger partial charge in [0.1, 0.15) is 11.1 Å². The average Bonchev–Trinajstić information content (AvgIpc) is 2.97. The third-order valence-electron chi connectivity index (χ3n) is 6.03. The van der Waals surface area contributed by atoms with Crippen molar-refractivity contribution in [1.82, 2.24) is 4.98 Å². The van der Waals surface area contributed by atoms with E-state index in [1.165, 1.54) is 11.8 Å². The summed E-state index contributed by atoms with van der Waals surface area (Å²) in [6.45, 7) is 0. The van der Waals surface area contributed by atoms with Crippen molar-refractivity contribution in [3.05, 3.63) is 125 Å². The molecular formula is C32H21Cl2N3OS. The molecule has 1 N–H and O–H groups in total. The monoisotopic (exact) mass is 565 g/mol. The molecule has 0 aliphatic heterocycles. The van der Waals surface area contributed by atoms with Crippen LogP contribution in [-0.2, 0) is 4.79 Å². The molecule has 0 aliphatic rings. The van der Waals surface area contributed by atoms with Crippen molar-refractivity contribution in [2.75, 3.05) is 11.1 Å². The number of nitrogens with one attached hydrogen (secondary N) is 1. The number of anilines is 1. The van der Waals surface area contributed by atoms with Gasteiger partial charge in [0.25, 0.3) is 0 Å². The van der Waals surface area contributed by atoms with Gasteiger partial charge in [0.2, 0.25) is 5.91 Å². The third kappa shape index (κ3) is 6.16. The van der Waals surface area contributed by atoms with Gasteiger partial charge in [-0.15, -0.1) is 0 Å². The molecular weight excluding hydrogens is 545 g/mol. The maximum atomic E-state index is 13.1. The van der Waals surface area contributed by atoms with Crippen LogP contribution in [0.1, 0.15) is 5.56 Å². The van der Waals surface area contributed by atoms with Crippen molar-refractivity contribution in [3.8, 4) is 39.6 Å². The molecule has 0 atom stereocenters. The van der Waals surface area contributed by atoms with Gasteiger partial charge in [0.15, 0.2) is 0 Å². The van der Waals surface area contributed by atoms with Crippen molar-refractivity contribution < 1.29 is 4.79 Å². The summed E-state index contributed by atoms with van der Waals surface area (Å²) in [7, 11) is 0. The van der Waals surface area contributed by atoms with E-state index in [1.807, 2.05) is 91.0 Å². The Balaban J connectivity index is 1.47. The number of carbonyl (C=O) groups excluding carboxylic acids is 1. The molecule has 0 spiro atoms. The second-order valence-corrected chi connectivity index (χ2v) is 10.4. The summed E-state index contributed by atoms with van der Waals surface area (Å²) in [5, 5.41) is 14.8. The second kappa shape index (κ2) is 12.2. The minimum atomic E-state index is -0.203. The summed E-state index contributed by atoms with van der Waals surface area (Å²) < 4.78 is 0. The van der Waals surface area contributed by atoms with Gasteiger partial charge in [0.05, 0.1) is 17.0 Å². The zero-order valence-electron chi connectivity index (χ0n) is 20.6. The van der Waals surface area contributed by atoms with Crippen LogP contribution in [0.25, 0.3) is 33.5 Å². The van der Waals surface area contributed by atoms with Crippen molar-refractivity contribution in [2.24, 2.45) is 0 Å². The summed E-state index contributed by atoms with van der Waals surface area (Å²) in [5.41, 5.74) is 5.88. The molecule has 4 aromatic carbocycles. The Labute approximate surface area is 241 Å². The summed E-state index contributed by atoms with van der Waals surface area (Å²) in [5.74, 6) is -0.137. The van der Waals surface area contributed by atoms with Gasteiger partial charge in [-0.25, -0.2) is 4.98 Å². The predicted octanol–water partition coefficient (Wildman–Crippen LogP) is 8.99. The Morgan fingerprint density at radius 1 is 0.795 bits per heavy atom. The Hall–Kier alpha value is -4.08. The molecule has 39 heavy (non-hydrogen) atoms. The smallest absolute Gasteiger partial charge is 0.234 e. The van der Waals surface area contributed by atoms with E-state index in [4.69, 9.17) is 28.2 Å². The number of thioether (sulfide) groups is 1. The fourth-order valence-corrected chi connectivity index (χ4v) is 5.34. The van der Waals surface area contributed by atoms with Crippen LogP contribution < -0.4 is 5.32 Å². The van der Waals surface area contributed by atoms with Crippen LogP contribution in [0.4, 0.5) is 5.69 Å². The first-order chi connectivity index (χ1) is 19.0. The van der Waals surface area contributed by atoms with Crippen molar-refractivity contribution in [3.63, 3.8) is 0 Å². The number of para-hydroxylation sites is 1. The molecule has 5 aromatic rings. The largest absolute Gasteiger partial charge is 0.325 e. The van der Waals surface area contributed by atoms with E-state index in [0.29, 0.717) is 31.9 Å². The van der Waals surface area contributed by atoms with E-state index in [1.54, 1.807) is 18.2 Å². The normalized spacial score (nSPS) is 10.6. The Bertz CT molecular complexity index is 1680. The molecule has 7 heteroatoms. The average molecular weight is 567 g/mol. The van der Waals surface area contributed by atoms with E-state index in [2.05, 4.69) is 11.4 Å². The number of hydrogen-bond donors (Lipinski definition) is 1. The molecule has 0 bridgehead atoms. The lowest BCUT2D eigenvalue weighted by molar-refractivity contribution is -0.113. The molecule has 1 aromatic heterocycles. The first-order valence-electron chi connectivity index (χ1n) is 12.1. The first-order valence-corrected chi connectivity index (χ1v) is 13.8. The minimum absolute atomic E-state index is 0.0663. The molecule has 0 radical (unpaired) electrons. The molecule has 4 nitrogen and oxygen atoms in total. The molecule has 1 amide bonds. The maximum Gasteiger partial charge on any atom is 0.234 e. The molecule has 0 aliphatic carbocycles. The summed E-state index contributed by atoms with van der Waals surface area (Å²) in [4.78, 5) is 17.9. The molecule has 0 saturated carbocycles. The number of rotatable bonds is 7. The zero-order chi connectivity index (χ0) is 27.2. The van der Waals surface area contributed by atoms with E-state index in [-0.39, 0.29) is 11.7 Å². The standard InChI is InChI=1S/C32H21Cl2N3OS/c33-23-16-14-22(15-17-23)30-18-26(25-11-4-6-12-28(25)34)27(19-35)32(37-30)39-20-31(38)36-29-13-7-5-10-24(29)21-8-2-1-3-9-21/h1-18H,20H2,(H,36,38).